The van der Waals surface area contributed by atoms with Crippen molar-refractivity contribution in [2.24, 2.45) is 0 Å². The van der Waals surface area contributed by atoms with Crippen LogP contribution in [0.4, 0.5) is 22.7 Å². The lowest BCUT2D eigenvalue weighted by molar-refractivity contribution is 0.305. The van der Waals surface area contributed by atoms with Gasteiger partial charge >= 0.3 is 22.5 Å². The molecule has 16 heteroatoms. The molecule has 0 N–H and O–H groups in total. The Bertz CT molecular complexity index is 4630. The minimum atomic E-state index is -0.379. The Balaban J connectivity index is 0.815. The maximum absolute atomic E-state index is 12.5. The van der Waals surface area contributed by atoms with E-state index in [2.05, 4.69) is 136 Å². The summed E-state index contributed by atoms with van der Waals surface area (Å²) in [5.41, 5.74) is 19.6. The normalized spacial score (nSPS) is 11.5. The first-order chi connectivity index (χ1) is 46.2. The van der Waals surface area contributed by atoms with E-state index in [0.29, 0.717) is 97.6 Å². The van der Waals surface area contributed by atoms with Crippen molar-refractivity contribution in [1.29, 1.82) is 0 Å². The highest BCUT2D eigenvalue weighted by Gasteiger charge is 2.21. The summed E-state index contributed by atoms with van der Waals surface area (Å²) in [4.78, 5) is 68.9. The molecule has 0 aliphatic carbocycles. The average molecular weight is 1290 g/mol. The van der Waals surface area contributed by atoms with Crippen LogP contribution in [0.1, 0.15) is 106 Å². The van der Waals surface area contributed by atoms with Gasteiger partial charge in [-0.2, -0.15) is 0 Å². The molecule has 0 spiro atoms. The van der Waals surface area contributed by atoms with Crippen LogP contribution >= 0.6 is 0 Å². The third-order valence-corrected chi connectivity index (χ3v) is 18.2. The first-order valence-corrected chi connectivity index (χ1v) is 32.8. The van der Waals surface area contributed by atoms with E-state index in [1.807, 2.05) is 76.2 Å². The molecule has 0 unspecified atom stereocenters. The molecule has 16 nitrogen and oxygen atoms in total. The van der Waals surface area contributed by atoms with Crippen molar-refractivity contribution in [3.8, 4) is 22.9 Å². The van der Waals surface area contributed by atoms with Gasteiger partial charge in [0.05, 0.1) is 11.4 Å². The van der Waals surface area contributed by atoms with Crippen molar-refractivity contribution >= 4 is 66.6 Å². The van der Waals surface area contributed by atoms with Crippen LogP contribution in [-0.4, -0.2) is 36.1 Å². The molecule has 96 heavy (non-hydrogen) atoms. The molecule has 0 amide bonds. The van der Waals surface area contributed by atoms with Gasteiger partial charge in [-0.15, -0.1) is 0 Å². The molecule has 0 fully saturated rings. The topological polar surface area (TPSA) is 178 Å². The fourth-order valence-corrected chi connectivity index (χ4v) is 13.3. The van der Waals surface area contributed by atoms with E-state index in [1.54, 1.807) is 12.4 Å². The van der Waals surface area contributed by atoms with Gasteiger partial charge in [0.25, 0.3) is 0 Å². The fraction of sp³-hybridized carbons (Fsp3) is 0.275. The molecule has 0 aliphatic heterocycles. The first kappa shape index (κ1) is 65.3. The molecule has 0 bridgehead atoms. The molecule has 12 aromatic rings. The standard InChI is InChI=1S/C80H80N6O10/c1-13-83(69-37-73-63(21-51(69)9)47(5)25-77(87)93-73)41-57-29-58(42-84(14-2)70-38-74-64(22-52(70)10)48(6)26-78(88)94-74)32-61(31-57)91-45-55-17-19-81-67(35-55)68-36-56(18-20-82-68)46-92-62-33-59(43-85(15-3)71-39-75-65(23-53(71)11)49(7)27-79(89)95-75)30-60(34-62)44-86(16-4)72-40-76-66(24-54(72)12)50(8)28-80(90)96-76/h17-40H,13-16,41-46H2,1-12H3. The number of benzene rings is 6. The molecule has 0 aliphatic rings. The maximum atomic E-state index is 12.5. The van der Waals surface area contributed by atoms with E-state index in [1.165, 1.54) is 24.3 Å². The second-order valence-electron chi connectivity index (χ2n) is 25.2. The summed E-state index contributed by atoms with van der Waals surface area (Å²) in [6.45, 7) is 30.0. The second kappa shape index (κ2) is 27.7. The first-order valence-electron chi connectivity index (χ1n) is 32.8. The number of hydrogen-bond acceptors (Lipinski definition) is 16. The fourth-order valence-electron chi connectivity index (χ4n) is 13.3. The highest BCUT2D eigenvalue weighted by atomic mass is 16.5. The van der Waals surface area contributed by atoms with Crippen molar-refractivity contribution in [1.82, 2.24) is 9.97 Å². The smallest absolute Gasteiger partial charge is 0.336 e. The van der Waals surface area contributed by atoms with Crippen LogP contribution in [-0.2, 0) is 39.4 Å². The Morgan fingerprint density at radius 3 is 0.823 bits per heavy atom. The van der Waals surface area contributed by atoms with Crippen LogP contribution in [0.5, 0.6) is 11.5 Å². The monoisotopic (exact) mass is 1280 g/mol. The number of rotatable bonds is 23. The number of anilines is 4. The molecule has 0 radical (unpaired) electrons. The lowest BCUT2D eigenvalue weighted by Gasteiger charge is -2.28. The van der Waals surface area contributed by atoms with Crippen molar-refractivity contribution in [3.63, 3.8) is 0 Å². The summed E-state index contributed by atoms with van der Waals surface area (Å²) in [7, 11) is 0. The van der Waals surface area contributed by atoms with Crippen LogP contribution in [0.2, 0.25) is 0 Å². The largest absolute Gasteiger partial charge is 0.489 e. The minimum Gasteiger partial charge on any atom is -0.489 e. The van der Waals surface area contributed by atoms with Gasteiger partial charge in [-0.3, -0.25) is 9.97 Å². The van der Waals surface area contributed by atoms with Crippen LogP contribution in [0.15, 0.2) is 183 Å². The average Bonchev–Trinajstić information content (AvgIpc) is 0.811. The lowest BCUT2D eigenvalue weighted by Crippen LogP contribution is -2.24. The van der Waals surface area contributed by atoms with E-state index in [4.69, 9.17) is 37.1 Å². The molecule has 0 saturated heterocycles. The van der Waals surface area contributed by atoms with Gasteiger partial charge in [-0.25, -0.2) is 19.2 Å². The predicted molar refractivity (Wildman–Crippen MR) is 384 cm³/mol. The maximum Gasteiger partial charge on any atom is 0.336 e. The minimum absolute atomic E-state index is 0.247. The predicted octanol–water partition coefficient (Wildman–Crippen LogP) is 16.3. The van der Waals surface area contributed by atoms with E-state index in [0.717, 1.165) is 122 Å². The summed E-state index contributed by atoms with van der Waals surface area (Å²) in [6.07, 6.45) is 3.56. The Kier molecular flexibility index (Phi) is 18.8. The molecule has 6 aromatic carbocycles. The van der Waals surface area contributed by atoms with Crippen LogP contribution < -0.4 is 51.6 Å². The molecule has 6 aromatic heterocycles. The van der Waals surface area contributed by atoms with Gasteiger partial charge in [0.1, 0.15) is 47.0 Å². The molecule has 6 heterocycles. The third kappa shape index (κ3) is 14.2. The van der Waals surface area contributed by atoms with Crippen molar-refractivity contribution in [2.75, 3.05) is 45.8 Å². The Morgan fingerprint density at radius 2 is 0.573 bits per heavy atom. The van der Waals surface area contributed by atoms with Gasteiger partial charge in [-0.1, -0.05) is 12.1 Å². The highest BCUT2D eigenvalue weighted by Crippen LogP contribution is 2.36. The Morgan fingerprint density at radius 1 is 0.312 bits per heavy atom. The zero-order valence-corrected chi connectivity index (χ0v) is 56.7. The molecule has 490 valence electrons. The summed E-state index contributed by atoms with van der Waals surface area (Å²) < 4.78 is 36.5. The van der Waals surface area contributed by atoms with Gasteiger partial charge in [0.2, 0.25) is 0 Å². The van der Waals surface area contributed by atoms with Crippen molar-refractivity contribution in [2.45, 2.75) is 122 Å². The van der Waals surface area contributed by atoms with Crippen molar-refractivity contribution in [3.05, 3.63) is 265 Å². The van der Waals surface area contributed by atoms with Gasteiger partial charge in [0.15, 0.2) is 0 Å². The molecular weight excluding hydrogens is 1200 g/mol. The summed E-state index contributed by atoms with van der Waals surface area (Å²) >= 11 is 0. The molecule has 0 saturated carbocycles. The second-order valence-corrected chi connectivity index (χ2v) is 25.2. The number of aryl methyl sites for hydroxylation is 8. The van der Waals surface area contributed by atoms with Gasteiger partial charge < -0.3 is 46.7 Å². The van der Waals surface area contributed by atoms with Gasteiger partial charge in [0, 0.05) is 158 Å². The number of hydrogen-bond donors (Lipinski definition) is 0. The van der Waals surface area contributed by atoms with Crippen molar-refractivity contribution < 1.29 is 27.1 Å². The highest BCUT2D eigenvalue weighted by molar-refractivity contribution is 5.88. The van der Waals surface area contributed by atoms with E-state index in [9.17, 15) is 19.2 Å². The van der Waals surface area contributed by atoms with Crippen LogP contribution in [0, 0.1) is 55.4 Å². The Hall–Kier alpha value is -10.7. The lowest BCUT2D eigenvalue weighted by atomic mass is 10.0. The zero-order chi connectivity index (χ0) is 67.6. The third-order valence-electron chi connectivity index (χ3n) is 18.2. The number of aromatic nitrogens is 2. The number of fused-ring (bicyclic) bond motifs is 4. The van der Waals surface area contributed by atoms with Gasteiger partial charge in [-0.05, 0) is 234 Å². The zero-order valence-electron chi connectivity index (χ0n) is 56.7. The summed E-state index contributed by atoms with van der Waals surface area (Å²) in [5, 5.41) is 3.63. The van der Waals surface area contributed by atoms with Crippen LogP contribution in [0.3, 0.4) is 0 Å². The summed E-state index contributed by atoms with van der Waals surface area (Å²) in [5.74, 6) is 1.39. The molecular formula is C80H80N6O10. The summed E-state index contributed by atoms with van der Waals surface area (Å²) in [6, 6.07) is 43.1. The van der Waals surface area contributed by atoms with Crippen LogP contribution in [0.25, 0.3) is 55.3 Å². The quantitative estimate of drug-likeness (QED) is 0.0552. The van der Waals surface area contributed by atoms with E-state index >= 15 is 0 Å². The molecule has 0 atom stereocenters. The number of pyridine rings is 2. The molecule has 12 rings (SSSR count). The Labute approximate surface area is 557 Å². The van der Waals surface area contributed by atoms with E-state index < -0.39 is 0 Å². The number of ether oxygens (including phenoxy) is 2. The van der Waals surface area contributed by atoms with E-state index in [-0.39, 0.29) is 35.7 Å². The SMILES string of the molecule is CCN(Cc1cc(CN(CC)c2cc3oc(=O)cc(C)c3cc2C)cc(OCc2ccnc(-c3cc(COc4cc(CN(CC)c5cc6oc(=O)cc(C)c6cc5C)cc(CN(CC)c5cc6oc(=O)cc(C)c6cc5C)c4)ccn3)c2)c1)c1cc2oc(=O)cc(C)c2cc1C. The number of nitrogens with zero attached hydrogens (tertiary/aromatic N) is 6.